The fourth-order valence-corrected chi connectivity index (χ4v) is 1.85. The molecule has 0 atom stereocenters. The first kappa shape index (κ1) is 8.90. The van der Waals surface area contributed by atoms with Crippen LogP contribution in [0.2, 0.25) is 0 Å². The number of hydrogen-bond donors (Lipinski definition) is 1. The van der Waals surface area contributed by atoms with Gasteiger partial charge in [-0.2, -0.15) is 0 Å². The van der Waals surface area contributed by atoms with Crippen LogP contribution in [0.15, 0.2) is 24.3 Å². The molecule has 0 heterocycles. The highest BCUT2D eigenvalue weighted by atomic mass is 14.5. The van der Waals surface area contributed by atoms with Crippen LogP contribution < -0.4 is 5.73 Å². The summed E-state index contributed by atoms with van der Waals surface area (Å²) in [5.41, 5.74) is 10.6. The maximum absolute atomic E-state index is 5.73. The number of fused-ring (bicyclic) bond motifs is 1. The molecule has 0 bridgehead atoms. The van der Waals surface area contributed by atoms with Gasteiger partial charge in [0.2, 0.25) is 0 Å². The first-order valence-electron chi connectivity index (χ1n) is 4.81. The Kier molecular flexibility index (Phi) is 2.28. The van der Waals surface area contributed by atoms with Crippen LogP contribution in [0.5, 0.6) is 0 Å². The standard InChI is InChI=1S/C13H13N/c1-2-3-4-10-5-6-11-9-12(14)7-8-13(10)11/h4,7-9H,5-6,14H2,1H3. The van der Waals surface area contributed by atoms with Crippen molar-refractivity contribution in [1.29, 1.82) is 0 Å². The molecule has 1 aliphatic rings. The van der Waals surface area contributed by atoms with Crippen molar-refractivity contribution in [1.82, 2.24) is 0 Å². The lowest BCUT2D eigenvalue weighted by Crippen LogP contribution is -1.87. The van der Waals surface area contributed by atoms with E-state index in [0.717, 1.165) is 18.5 Å². The third-order valence-electron chi connectivity index (χ3n) is 2.53. The highest BCUT2D eigenvalue weighted by Crippen LogP contribution is 2.32. The predicted octanol–water partition coefficient (Wildman–Crippen LogP) is 2.62. The molecule has 2 rings (SSSR count). The number of nitrogen functional groups attached to an aromatic ring is 1. The molecule has 0 spiro atoms. The number of aryl methyl sites for hydroxylation is 1. The molecule has 1 aromatic rings. The minimum atomic E-state index is 0.853. The zero-order valence-corrected chi connectivity index (χ0v) is 8.30. The van der Waals surface area contributed by atoms with E-state index in [0.29, 0.717) is 0 Å². The van der Waals surface area contributed by atoms with Gasteiger partial charge >= 0.3 is 0 Å². The van der Waals surface area contributed by atoms with E-state index in [9.17, 15) is 0 Å². The fraction of sp³-hybridized carbons (Fsp3) is 0.231. The van der Waals surface area contributed by atoms with Gasteiger partial charge in [-0.1, -0.05) is 12.0 Å². The van der Waals surface area contributed by atoms with Crippen molar-refractivity contribution in [3.05, 3.63) is 35.4 Å². The highest BCUT2D eigenvalue weighted by molar-refractivity contribution is 5.75. The molecule has 1 nitrogen and oxygen atoms in total. The van der Waals surface area contributed by atoms with Crippen molar-refractivity contribution in [2.24, 2.45) is 0 Å². The number of rotatable bonds is 0. The monoisotopic (exact) mass is 183 g/mol. The summed E-state index contributed by atoms with van der Waals surface area (Å²) >= 11 is 0. The van der Waals surface area contributed by atoms with Crippen LogP contribution in [0.1, 0.15) is 24.5 Å². The van der Waals surface area contributed by atoms with Gasteiger partial charge in [0.05, 0.1) is 0 Å². The van der Waals surface area contributed by atoms with Gasteiger partial charge in [-0.15, -0.1) is 5.92 Å². The normalized spacial score (nSPS) is 16.2. The second-order valence-electron chi connectivity index (χ2n) is 3.48. The van der Waals surface area contributed by atoms with E-state index in [1.807, 2.05) is 19.1 Å². The maximum atomic E-state index is 5.73. The molecule has 14 heavy (non-hydrogen) atoms. The Balaban J connectivity index is 2.43. The van der Waals surface area contributed by atoms with Crippen molar-refractivity contribution in [3.63, 3.8) is 0 Å². The summed E-state index contributed by atoms with van der Waals surface area (Å²) in [5, 5.41) is 0. The van der Waals surface area contributed by atoms with E-state index in [1.165, 1.54) is 16.7 Å². The van der Waals surface area contributed by atoms with Crippen molar-refractivity contribution < 1.29 is 0 Å². The summed E-state index contributed by atoms with van der Waals surface area (Å²) in [7, 11) is 0. The number of benzene rings is 1. The van der Waals surface area contributed by atoms with E-state index in [4.69, 9.17) is 5.73 Å². The van der Waals surface area contributed by atoms with Crippen LogP contribution in [-0.2, 0) is 6.42 Å². The zero-order valence-electron chi connectivity index (χ0n) is 8.30. The molecule has 1 aromatic carbocycles. The van der Waals surface area contributed by atoms with E-state index < -0.39 is 0 Å². The van der Waals surface area contributed by atoms with E-state index in [2.05, 4.69) is 24.0 Å². The Morgan fingerprint density at radius 1 is 1.36 bits per heavy atom. The van der Waals surface area contributed by atoms with Gasteiger partial charge in [0, 0.05) is 5.69 Å². The van der Waals surface area contributed by atoms with Crippen LogP contribution in [0.3, 0.4) is 0 Å². The predicted molar refractivity (Wildman–Crippen MR) is 60.6 cm³/mol. The number of anilines is 1. The quantitative estimate of drug-likeness (QED) is 0.485. The number of allylic oxidation sites excluding steroid dienone is 2. The fourth-order valence-electron chi connectivity index (χ4n) is 1.85. The van der Waals surface area contributed by atoms with Crippen LogP contribution in [0, 0.1) is 11.8 Å². The Hall–Kier alpha value is -1.68. The van der Waals surface area contributed by atoms with Gasteiger partial charge in [-0.05, 0) is 54.7 Å². The molecule has 0 radical (unpaired) electrons. The Morgan fingerprint density at radius 2 is 2.21 bits per heavy atom. The summed E-state index contributed by atoms with van der Waals surface area (Å²) in [4.78, 5) is 0. The minimum Gasteiger partial charge on any atom is -0.399 e. The molecule has 1 heteroatoms. The number of hydrogen-bond acceptors (Lipinski definition) is 1. The van der Waals surface area contributed by atoms with Gasteiger partial charge in [0.25, 0.3) is 0 Å². The molecule has 0 fully saturated rings. The lowest BCUT2D eigenvalue weighted by atomic mass is 10.1. The first-order chi connectivity index (χ1) is 6.81. The molecular formula is C13H13N. The van der Waals surface area contributed by atoms with Gasteiger partial charge in [0.1, 0.15) is 0 Å². The summed E-state index contributed by atoms with van der Waals surface area (Å²) in [5.74, 6) is 5.89. The smallest absolute Gasteiger partial charge is 0.0317 e. The molecule has 0 saturated carbocycles. The largest absolute Gasteiger partial charge is 0.399 e. The first-order valence-corrected chi connectivity index (χ1v) is 4.81. The molecule has 0 aliphatic heterocycles. The molecule has 70 valence electrons. The summed E-state index contributed by atoms with van der Waals surface area (Å²) < 4.78 is 0. The molecular weight excluding hydrogens is 170 g/mol. The second kappa shape index (κ2) is 3.59. The van der Waals surface area contributed by atoms with Crippen molar-refractivity contribution in [3.8, 4) is 11.8 Å². The van der Waals surface area contributed by atoms with Gasteiger partial charge in [0.15, 0.2) is 0 Å². The maximum Gasteiger partial charge on any atom is 0.0317 e. The van der Waals surface area contributed by atoms with E-state index >= 15 is 0 Å². The molecule has 1 aliphatic carbocycles. The molecule has 0 amide bonds. The molecule has 2 N–H and O–H groups in total. The topological polar surface area (TPSA) is 26.0 Å². The van der Waals surface area contributed by atoms with Gasteiger partial charge in [-0.3, -0.25) is 0 Å². The molecule has 0 aromatic heterocycles. The Morgan fingerprint density at radius 3 is 3.00 bits per heavy atom. The van der Waals surface area contributed by atoms with Crippen LogP contribution >= 0.6 is 0 Å². The van der Waals surface area contributed by atoms with Crippen LogP contribution in [-0.4, -0.2) is 0 Å². The highest BCUT2D eigenvalue weighted by Gasteiger charge is 2.15. The van der Waals surface area contributed by atoms with Crippen LogP contribution in [0.25, 0.3) is 5.57 Å². The summed E-state index contributed by atoms with van der Waals surface area (Å²) in [6.45, 7) is 1.86. The number of nitrogens with two attached hydrogens (primary N) is 1. The van der Waals surface area contributed by atoms with Gasteiger partial charge in [-0.25, -0.2) is 0 Å². The Labute approximate surface area is 84.6 Å². The van der Waals surface area contributed by atoms with Crippen molar-refractivity contribution >= 4 is 11.3 Å². The average Bonchev–Trinajstić information content (AvgIpc) is 2.57. The zero-order chi connectivity index (χ0) is 9.97. The molecule has 0 unspecified atom stereocenters. The van der Waals surface area contributed by atoms with E-state index in [1.54, 1.807) is 0 Å². The van der Waals surface area contributed by atoms with Crippen molar-refractivity contribution in [2.75, 3.05) is 5.73 Å². The van der Waals surface area contributed by atoms with E-state index in [-0.39, 0.29) is 0 Å². The Bertz CT molecular complexity index is 444. The van der Waals surface area contributed by atoms with Crippen LogP contribution in [0.4, 0.5) is 5.69 Å². The minimum absolute atomic E-state index is 0.853. The lowest BCUT2D eigenvalue weighted by molar-refractivity contribution is 1.08. The molecule has 0 saturated heterocycles. The van der Waals surface area contributed by atoms with Crippen molar-refractivity contribution in [2.45, 2.75) is 19.8 Å². The summed E-state index contributed by atoms with van der Waals surface area (Å²) in [6.07, 6.45) is 4.20. The third-order valence-corrected chi connectivity index (χ3v) is 2.53. The SMILES string of the molecule is CC#CC=C1CCc2cc(N)ccc21. The third kappa shape index (κ3) is 1.52. The second-order valence-corrected chi connectivity index (χ2v) is 3.48. The van der Waals surface area contributed by atoms with Gasteiger partial charge < -0.3 is 5.73 Å². The lowest BCUT2D eigenvalue weighted by Gasteiger charge is -2.00. The average molecular weight is 183 g/mol. The summed E-state index contributed by atoms with van der Waals surface area (Å²) in [6, 6.07) is 6.12.